The van der Waals surface area contributed by atoms with E-state index in [0.717, 1.165) is 23.5 Å². The van der Waals surface area contributed by atoms with Crippen molar-refractivity contribution in [3.63, 3.8) is 0 Å². The second kappa shape index (κ2) is 7.98. The normalized spacial score (nSPS) is 13.5. The van der Waals surface area contributed by atoms with Crippen molar-refractivity contribution in [2.45, 2.75) is 26.2 Å². The topological polar surface area (TPSA) is 44.1 Å². The van der Waals surface area contributed by atoms with Crippen LogP contribution >= 0.6 is 23.2 Å². The SMILES string of the molecule is CCOC(=O)c1nc(CC2CC2)n(-c2ccc(Cl)cc2)c1-c1cccc(Cl)c1. The van der Waals surface area contributed by atoms with Crippen molar-refractivity contribution in [3.05, 3.63) is 70.1 Å². The largest absolute Gasteiger partial charge is 0.461 e. The summed E-state index contributed by atoms with van der Waals surface area (Å²) < 4.78 is 7.33. The van der Waals surface area contributed by atoms with Crippen molar-refractivity contribution in [1.82, 2.24) is 9.55 Å². The van der Waals surface area contributed by atoms with Crippen LogP contribution in [0.5, 0.6) is 0 Å². The van der Waals surface area contributed by atoms with Gasteiger partial charge in [0, 0.05) is 27.7 Å². The Balaban J connectivity index is 1.96. The summed E-state index contributed by atoms with van der Waals surface area (Å²) in [5.41, 5.74) is 2.73. The number of hydrogen-bond donors (Lipinski definition) is 0. The van der Waals surface area contributed by atoms with Crippen LogP contribution in [0.3, 0.4) is 0 Å². The first-order chi connectivity index (χ1) is 13.6. The third-order valence-electron chi connectivity index (χ3n) is 4.77. The Bertz CT molecular complexity index is 1010. The maximum atomic E-state index is 12.7. The predicted octanol–water partition coefficient (Wildman–Crippen LogP) is 5.98. The van der Waals surface area contributed by atoms with Gasteiger partial charge in [-0.05, 0) is 62.1 Å². The van der Waals surface area contributed by atoms with E-state index in [1.165, 1.54) is 12.8 Å². The summed E-state index contributed by atoms with van der Waals surface area (Å²) in [6.07, 6.45) is 3.19. The lowest BCUT2D eigenvalue weighted by molar-refractivity contribution is 0.0521. The number of aromatic nitrogens is 2. The van der Waals surface area contributed by atoms with Crippen LogP contribution in [0.4, 0.5) is 0 Å². The first-order valence-corrected chi connectivity index (χ1v) is 10.1. The van der Waals surface area contributed by atoms with E-state index in [-0.39, 0.29) is 0 Å². The van der Waals surface area contributed by atoms with E-state index in [9.17, 15) is 4.79 Å². The van der Waals surface area contributed by atoms with Crippen LogP contribution in [0.1, 0.15) is 36.1 Å². The van der Waals surface area contributed by atoms with Gasteiger partial charge in [-0.1, -0.05) is 35.3 Å². The number of nitrogens with zero attached hydrogens (tertiary/aromatic N) is 2. The van der Waals surface area contributed by atoms with Gasteiger partial charge in [0.05, 0.1) is 12.3 Å². The predicted molar refractivity (Wildman–Crippen MR) is 111 cm³/mol. The molecule has 0 saturated heterocycles. The quantitative estimate of drug-likeness (QED) is 0.466. The number of esters is 1. The average molecular weight is 415 g/mol. The van der Waals surface area contributed by atoms with Gasteiger partial charge in [0.15, 0.2) is 5.69 Å². The molecule has 1 aromatic heterocycles. The Labute approximate surface area is 174 Å². The minimum atomic E-state index is -0.428. The van der Waals surface area contributed by atoms with Crippen molar-refractivity contribution in [3.8, 4) is 16.9 Å². The number of ether oxygens (including phenoxy) is 1. The maximum Gasteiger partial charge on any atom is 0.359 e. The summed E-state index contributed by atoms with van der Waals surface area (Å²) in [5.74, 6) is 1.03. The summed E-state index contributed by atoms with van der Waals surface area (Å²) in [4.78, 5) is 17.5. The third-order valence-corrected chi connectivity index (χ3v) is 5.25. The van der Waals surface area contributed by atoms with Gasteiger partial charge >= 0.3 is 5.97 Å². The molecule has 1 fully saturated rings. The zero-order chi connectivity index (χ0) is 19.7. The van der Waals surface area contributed by atoms with Crippen molar-refractivity contribution in [1.29, 1.82) is 0 Å². The van der Waals surface area contributed by atoms with Crippen LogP contribution in [-0.2, 0) is 11.2 Å². The van der Waals surface area contributed by atoms with Crippen LogP contribution < -0.4 is 0 Å². The zero-order valence-electron chi connectivity index (χ0n) is 15.5. The van der Waals surface area contributed by atoms with Gasteiger partial charge in [-0.2, -0.15) is 0 Å². The fourth-order valence-electron chi connectivity index (χ4n) is 3.30. The summed E-state index contributed by atoms with van der Waals surface area (Å²) in [7, 11) is 0. The smallest absolute Gasteiger partial charge is 0.359 e. The second-order valence-electron chi connectivity index (χ2n) is 6.92. The lowest BCUT2D eigenvalue weighted by Gasteiger charge is -2.13. The van der Waals surface area contributed by atoms with Crippen molar-refractivity contribution in [2.75, 3.05) is 6.61 Å². The van der Waals surface area contributed by atoms with Crippen LogP contribution in [-0.4, -0.2) is 22.1 Å². The molecule has 1 saturated carbocycles. The highest BCUT2D eigenvalue weighted by Crippen LogP contribution is 2.37. The Hall–Kier alpha value is -2.30. The van der Waals surface area contributed by atoms with Gasteiger partial charge in [0.1, 0.15) is 5.82 Å². The Morgan fingerprint density at radius 1 is 1.14 bits per heavy atom. The first-order valence-electron chi connectivity index (χ1n) is 9.37. The van der Waals surface area contributed by atoms with Gasteiger partial charge in [-0.25, -0.2) is 9.78 Å². The van der Waals surface area contributed by atoms with Crippen LogP contribution in [0.15, 0.2) is 48.5 Å². The van der Waals surface area contributed by atoms with E-state index in [1.807, 2.05) is 53.1 Å². The van der Waals surface area contributed by atoms with Crippen molar-refractivity contribution < 1.29 is 9.53 Å². The number of carbonyl (C=O) groups excluding carboxylic acids is 1. The molecule has 0 atom stereocenters. The van der Waals surface area contributed by atoms with Gasteiger partial charge in [-0.15, -0.1) is 0 Å². The molecule has 0 N–H and O–H groups in total. The number of imidazole rings is 1. The number of carbonyl (C=O) groups is 1. The molecule has 0 amide bonds. The zero-order valence-corrected chi connectivity index (χ0v) is 17.0. The highest BCUT2D eigenvalue weighted by atomic mass is 35.5. The van der Waals surface area contributed by atoms with Gasteiger partial charge in [0.2, 0.25) is 0 Å². The molecular formula is C22H20Cl2N2O2. The molecule has 4 nitrogen and oxygen atoms in total. The fraction of sp³-hybridized carbons (Fsp3) is 0.273. The maximum absolute atomic E-state index is 12.7. The molecule has 0 bridgehead atoms. The molecule has 6 heteroatoms. The highest BCUT2D eigenvalue weighted by molar-refractivity contribution is 6.31. The van der Waals surface area contributed by atoms with E-state index in [4.69, 9.17) is 32.9 Å². The molecule has 2 aromatic carbocycles. The molecule has 144 valence electrons. The van der Waals surface area contributed by atoms with E-state index >= 15 is 0 Å². The molecule has 4 rings (SSSR count). The molecule has 1 aliphatic carbocycles. The summed E-state index contributed by atoms with van der Waals surface area (Å²) in [6, 6.07) is 15.0. The number of halogens is 2. The molecular weight excluding hydrogens is 395 g/mol. The van der Waals surface area contributed by atoms with Crippen LogP contribution in [0.25, 0.3) is 16.9 Å². The highest BCUT2D eigenvalue weighted by Gasteiger charge is 2.30. The summed E-state index contributed by atoms with van der Waals surface area (Å²) >= 11 is 12.3. The minimum absolute atomic E-state index is 0.291. The van der Waals surface area contributed by atoms with Crippen LogP contribution in [0.2, 0.25) is 10.0 Å². The Morgan fingerprint density at radius 3 is 2.54 bits per heavy atom. The molecule has 3 aromatic rings. The van der Waals surface area contributed by atoms with Crippen LogP contribution in [0, 0.1) is 5.92 Å². The standard InChI is InChI=1S/C22H20Cl2N2O2/c1-2-28-22(27)20-21(15-4-3-5-17(24)13-15)26(18-10-8-16(23)9-11-18)19(25-20)12-14-6-7-14/h3-5,8-11,13-14H,2,6-7,12H2,1H3. The molecule has 0 spiro atoms. The van der Waals surface area contributed by atoms with E-state index < -0.39 is 5.97 Å². The molecule has 28 heavy (non-hydrogen) atoms. The monoisotopic (exact) mass is 414 g/mol. The minimum Gasteiger partial charge on any atom is -0.461 e. The van der Waals surface area contributed by atoms with Crippen molar-refractivity contribution >= 4 is 29.2 Å². The molecule has 1 aliphatic rings. The van der Waals surface area contributed by atoms with Gasteiger partial charge in [-0.3, -0.25) is 4.57 Å². The molecule has 0 radical (unpaired) electrons. The summed E-state index contributed by atoms with van der Waals surface area (Å²) in [6.45, 7) is 2.08. The third kappa shape index (κ3) is 3.94. The number of benzene rings is 2. The van der Waals surface area contributed by atoms with E-state index in [1.54, 1.807) is 6.92 Å². The molecule has 0 unspecified atom stereocenters. The average Bonchev–Trinajstić information content (AvgIpc) is 3.41. The van der Waals surface area contributed by atoms with E-state index in [2.05, 4.69) is 0 Å². The van der Waals surface area contributed by atoms with Crippen molar-refractivity contribution in [2.24, 2.45) is 5.92 Å². The second-order valence-corrected chi connectivity index (χ2v) is 7.79. The van der Waals surface area contributed by atoms with E-state index in [0.29, 0.717) is 34.0 Å². The number of rotatable bonds is 6. The van der Waals surface area contributed by atoms with Gasteiger partial charge < -0.3 is 4.74 Å². The summed E-state index contributed by atoms with van der Waals surface area (Å²) in [5, 5.41) is 1.25. The Kier molecular flexibility index (Phi) is 5.42. The fourth-order valence-corrected chi connectivity index (χ4v) is 3.61. The number of hydrogen-bond acceptors (Lipinski definition) is 3. The lowest BCUT2D eigenvalue weighted by atomic mass is 10.1. The Morgan fingerprint density at radius 2 is 1.89 bits per heavy atom. The molecule has 1 heterocycles. The van der Waals surface area contributed by atoms with Gasteiger partial charge in [0.25, 0.3) is 0 Å². The lowest BCUT2D eigenvalue weighted by Crippen LogP contribution is -2.08. The first kappa shape index (κ1) is 19.0. The molecule has 0 aliphatic heterocycles.